The average Bonchev–Trinajstić information content (AvgIpc) is 2.31. The highest BCUT2D eigenvalue weighted by atomic mass is 14.9. The molecule has 0 spiro atoms. The third-order valence-electron chi connectivity index (χ3n) is 1.39. The van der Waals surface area contributed by atoms with Gasteiger partial charge in [0.15, 0.2) is 0 Å². The van der Waals surface area contributed by atoms with Gasteiger partial charge in [-0.25, -0.2) is 0 Å². The molecule has 1 heteroatoms. The fraction of sp³-hybridized carbons (Fsp3) is 0.111. The first-order valence-corrected chi connectivity index (χ1v) is 3.25. The van der Waals surface area contributed by atoms with Crippen molar-refractivity contribution in [2.24, 2.45) is 7.05 Å². The summed E-state index contributed by atoms with van der Waals surface area (Å²) in [5.41, 5.74) is 1.19. The third kappa shape index (κ3) is 1.38. The molecule has 0 fully saturated rings. The number of allylic oxidation sites excluding steroid dienone is 2. The van der Waals surface area contributed by atoms with Gasteiger partial charge in [0, 0.05) is 18.9 Å². The Morgan fingerprint density at radius 1 is 1.60 bits per heavy atom. The van der Waals surface area contributed by atoms with E-state index >= 15 is 0 Å². The van der Waals surface area contributed by atoms with E-state index in [2.05, 4.69) is 17.2 Å². The van der Waals surface area contributed by atoms with Crippen LogP contribution in [0.1, 0.15) is 5.69 Å². The molecule has 1 rings (SSSR count). The predicted molar refractivity (Wildman–Crippen MR) is 44.6 cm³/mol. The van der Waals surface area contributed by atoms with Crippen LogP contribution >= 0.6 is 0 Å². The summed E-state index contributed by atoms with van der Waals surface area (Å²) in [6, 6.07) is 4.07. The molecule has 1 aromatic rings. The van der Waals surface area contributed by atoms with E-state index in [0.29, 0.717) is 0 Å². The van der Waals surface area contributed by atoms with Crippen LogP contribution in [0.2, 0.25) is 0 Å². The summed E-state index contributed by atoms with van der Waals surface area (Å²) < 4.78 is 2.06. The molecule has 0 saturated carbocycles. The molecule has 0 unspecified atom stereocenters. The van der Waals surface area contributed by atoms with Gasteiger partial charge in [-0.1, -0.05) is 18.7 Å². The van der Waals surface area contributed by atoms with E-state index in [1.165, 1.54) is 5.69 Å². The summed E-state index contributed by atoms with van der Waals surface area (Å²) >= 11 is 0. The fourth-order valence-corrected chi connectivity index (χ4v) is 0.814. The topological polar surface area (TPSA) is 4.93 Å². The largest absolute Gasteiger partial charge is 0.351 e. The molecular weight excluding hydrogens is 122 g/mol. The van der Waals surface area contributed by atoms with Crippen molar-refractivity contribution >= 4 is 6.08 Å². The van der Waals surface area contributed by atoms with Crippen LogP contribution in [0.25, 0.3) is 6.08 Å². The molecule has 0 aliphatic heterocycles. The normalized spacial score (nSPS) is 10.5. The molecule has 1 aromatic heterocycles. The lowest BCUT2D eigenvalue weighted by Gasteiger charge is -1.92. The summed E-state index contributed by atoms with van der Waals surface area (Å²) in [6.45, 7) is 3.59. The zero-order valence-electron chi connectivity index (χ0n) is 6.12. The maximum absolute atomic E-state index is 3.59. The van der Waals surface area contributed by atoms with Crippen LogP contribution in [-0.2, 0) is 7.05 Å². The van der Waals surface area contributed by atoms with E-state index in [1.807, 2.05) is 31.5 Å². The van der Waals surface area contributed by atoms with Crippen LogP contribution in [0.15, 0.2) is 37.1 Å². The van der Waals surface area contributed by atoms with Crippen molar-refractivity contribution in [1.29, 1.82) is 0 Å². The van der Waals surface area contributed by atoms with Crippen molar-refractivity contribution in [1.82, 2.24) is 4.57 Å². The van der Waals surface area contributed by atoms with Gasteiger partial charge in [-0.2, -0.15) is 0 Å². The quantitative estimate of drug-likeness (QED) is 0.545. The van der Waals surface area contributed by atoms with Gasteiger partial charge in [-0.3, -0.25) is 0 Å². The zero-order valence-corrected chi connectivity index (χ0v) is 6.12. The standard InChI is InChI=1S/C9H11N/c1-3-4-6-9-7-5-8-10(9)2/h3-8H,1H2,2H3/b6-4+. The molecule has 1 nitrogen and oxygen atoms in total. The van der Waals surface area contributed by atoms with Crippen LogP contribution in [0, 0.1) is 0 Å². The number of hydrogen-bond acceptors (Lipinski definition) is 0. The average molecular weight is 133 g/mol. The summed E-state index contributed by atoms with van der Waals surface area (Å²) in [5.74, 6) is 0. The van der Waals surface area contributed by atoms with E-state index in [1.54, 1.807) is 6.08 Å². The smallest absolute Gasteiger partial charge is 0.0404 e. The van der Waals surface area contributed by atoms with Crippen LogP contribution in [0.4, 0.5) is 0 Å². The van der Waals surface area contributed by atoms with E-state index in [-0.39, 0.29) is 0 Å². The van der Waals surface area contributed by atoms with Crippen LogP contribution in [-0.4, -0.2) is 4.57 Å². The van der Waals surface area contributed by atoms with Gasteiger partial charge in [-0.15, -0.1) is 0 Å². The highest BCUT2D eigenvalue weighted by Gasteiger charge is 1.86. The third-order valence-corrected chi connectivity index (χ3v) is 1.39. The minimum Gasteiger partial charge on any atom is -0.351 e. The SMILES string of the molecule is C=C/C=C/c1cccn1C. The lowest BCUT2D eigenvalue weighted by atomic mass is 10.4. The predicted octanol–water partition coefficient (Wildman–Crippen LogP) is 2.22. The van der Waals surface area contributed by atoms with Crippen molar-refractivity contribution in [3.8, 4) is 0 Å². The van der Waals surface area contributed by atoms with Gasteiger partial charge in [0.05, 0.1) is 0 Å². The highest BCUT2D eigenvalue weighted by Crippen LogP contribution is 2.01. The molecule has 0 aliphatic rings. The summed E-state index contributed by atoms with van der Waals surface area (Å²) in [7, 11) is 2.02. The first-order valence-electron chi connectivity index (χ1n) is 3.25. The van der Waals surface area contributed by atoms with Gasteiger partial charge in [0.25, 0.3) is 0 Å². The van der Waals surface area contributed by atoms with Crippen molar-refractivity contribution in [2.75, 3.05) is 0 Å². The Bertz CT molecular complexity index is 243. The Labute approximate surface area is 61.3 Å². The second kappa shape index (κ2) is 3.06. The molecule has 10 heavy (non-hydrogen) atoms. The first-order chi connectivity index (χ1) is 4.84. The number of hydrogen-bond donors (Lipinski definition) is 0. The first kappa shape index (κ1) is 6.87. The van der Waals surface area contributed by atoms with Crippen molar-refractivity contribution < 1.29 is 0 Å². The molecule has 1 heterocycles. The fourth-order valence-electron chi connectivity index (χ4n) is 0.814. The van der Waals surface area contributed by atoms with Crippen LogP contribution in [0.5, 0.6) is 0 Å². The molecule has 0 N–H and O–H groups in total. The second-order valence-electron chi connectivity index (χ2n) is 2.14. The van der Waals surface area contributed by atoms with Gasteiger partial charge < -0.3 is 4.57 Å². The zero-order chi connectivity index (χ0) is 7.40. The Kier molecular flexibility index (Phi) is 2.11. The Hall–Kier alpha value is -1.24. The van der Waals surface area contributed by atoms with Crippen molar-refractivity contribution in [2.45, 2.75) is 0 Å². The molecule has 0 aliphatic carbocycles. The number of nitrogens with zero attached hydrogens (tertiary/aromatic N) is 1. The van der Waals surface area contributed by atoms with E-state index in [4.69, 9.17) is 0 Å². The summed E-state index contributed by atoms with van der Waals surface area (Å²) in [5, 5.41) is 0. The lowest BCUT2D eigenvalue weighted by molar-refractivity contribution is 0.915. The summed E-state index contributed by atoms with van der Waals surface area (Å²) in [4.78, 5) is 0. The van der Waals surface area contributed by atoms with Gasteiger partial charge in [0.2, 0.25) is 0 Å². The van der Waals surface area contributed by atoms with E-state index < -0.39 is 0 Å². The Morgan fingerprint density at radius 3 is 2.90 bits per heavy atom. The molecule has 0 saturated heterocycles. The molecule has 0 amide bonds. The van der Waals surface area contributed by atoms with E-state index in [9.17, 15) is 0 Å². The highest BCUT2D eigenvalue weighted by molar-refractivity contribution is 5.47. The maximum Gasteiger partial charge on any atom is 0.0404 e. The van der Waals surface area contributed by atoms with Crippen LogP contribution in [0.3, 0.4) is 0 Å². The maximum atomic E-state index is 3.59. The van der Waals surface area contributed by atoms with Crippen molar-refractivity contribution in [3.63, 3.8) is 0 Å². The summed E-state index contributed by atoms with van der Waals surface area (Å²) in [6.07, 6.45) is 7.73. The minimum atomic E-state index is 1.19. The number of rotatable bonds is 2. The number of aryl methyl sites for hydroxylation is 1. The molecule has 0 atom stereocenters. The molecule has 0 aromatic carbocycles. The molecule has 52 valence electrons. The molecule has 0 radical (unpaired) electrons. The van der Waals surface area contributed by atoms with Gasteiger partial charge in [-0.05, 0) is 18.2 Å². The Balaban J connectivity index is 2.83. The molecule has 0 bridgehead atoms. The Morgan fingerprint density at radius 2 is 2.40 bits per heavy atom. The lowest BCUT2D eigenvalue weighted by Crippen LogP contribution is -1.85. The van der Waals surface area contributed by atoms with E-state index in [0.717, 1.165) is 0 Å². The minimum absolute atomic E-state index is 1.19. The van der Waals surface area contributed by atoms with Crippen molar-refractivity contribution in [3.05, 3.63) is 42.8 Å². The monoisotopic (exact) mass is 133 g/mol. The molecular formula is C9H11N. The van der Waals surface area contributed by atoms with Gasteiger partial charge in [0.1, 0.15) is 0 Å². The number of aromatic nitrogens is 1. The second-order valence-corrected chi connectivity index (χ2v) is 2.14. The van der Waals surface area contributed by atoms with Gasteiger partial charge >= 0.3 is 0 Å². The van der Waals surface area contributed by atoms with Crippen LogP contribution < -0.4 is 0 Å².